The summed E-state index contributed by atoms with van der Waals surface area (Å²) in [6, 6.07) is 0. The van der Waals surface area contributed by atoms with E-state index >= 15 is 0 Å². The van der Waals surface area contributed by atoms with E-state index in [1.807, 2.05) is 13.8 Å². The van der Waals surface area contributed by atoms with Crippen molar-refractivity contribution in [1.29, 1.82) is 0 Å². The van der Waals surface area contributed by atoms with Gasteiger partial charge in [0.05, 0.1) is 6.42 Å². The number of hydrogen-bond donors (Lipinski definition) is 2. The molecule has 2 aliphatic rings. The van der Waals surface area contributed by atoms with Gasteiger partial charge in [-0.1, -0.05) is 12.2 Å². The van der Waals surface area contributed by atoms with Gasteiger partial charge in [0, 0.05) is 30.2 Å². The Morgan fingerprint density at radius 2 is 2.32 bits per heavy atom. The van der Waals surface area contributed by atoms with Crippen LogP contribution in [0.3, 0.4) is 0 Å². The summed E-state index contributed by atoms with van der Waals surface area (Å²) in [6.45, 7) is 5.82. The third-order valence-corrected chi connectivity index (χ3v) is 3.89. The topological polar surface area (TPSA) is 66.6 Å². The van der Waals surface area contributed by atoms with Crippen molar-refractivity contribution in [1.82, 2.24) is 4.90 Å². The highest BCUT2D eigenvalue weighted by Gasteiger charge is 2.32. The zero-order chi connectivity index (χ0) is 14.0. The first kappa shape index (κ1) is 14.1. The summed E-state index contributed by atoms with van der Waals surface area (Å²) in [5, 5.41) is 9.02. The van der Waals surface area contributed by atoms with Gasteiger partial charge in [-0.05, 0) is 38.7 Å². The molecule has 4 nitrogen and oxygen atoms in total. The van der Waals surface area contributed by atoms with Crippen LogP contribution in [0.25, 0.3) is 0 Å². The van der Waals surface area contributed by atoms with E-state index in [1.165, 1.54) is 11.3 Å². The Bertz CT molecular complexity index is 418. The van der Waals surface area contributed by atoms with Gasteiger partial charge in [0.15, 0.2) is 0 Å². The Labute approximate surface area is 115 Å². The van der Waals surface area contributed by atoms with Crippen LogP contribution in [0.2, 0.25) is 0 Å². The maximum absolute atomic E-state index is 11.0. The summed E-state index contributed by atoms with van der Waals surface area (Å²) in [5.74, 6) is -0.568. The summed E-state index contributed by atoms with van der Waals surface area (Å²) in [7, 11) is 0. The summed E-state index contributed by atoms with van der Waals surface area (Å²) in [5.41, 5.74) is 8.46. The van der Waals surface area contributed by atoms with E-state index in [0.29, 0.717) is 0 Å². The largest absolute Gasteiger partial charge is 0.481 e. The number of hydrogen-bond acceptors (Lipinski definition) is 3. The van der Waals surface area contributed by atoms with E-state index in [9.17, 15) is 4.79 Å². The van der Waals surface area contributed by atoms with Crippen molar-refractivity contribution in [3.63, 3.8) is 0 Å². The molecule has 1 atom stereocenters. The van der Waals surface area contributed by atoms with Crippen molar-refractivity contribution in [2.45, 2.75) is 45.1 Å². The highest BCUT2D eigenvalue weighted by molar-refractivity contribution is 5.68. The number of rotatable bonds is 5. The smallest absolute Gasteiger partial charge is 0.304 e. The maximum Gasteiger partial charge on any atom is 0.304 e. The summed E-state index contributed by atoms with van der Waals surface area (Å²) >= 11 is 0. The molecule has 19 heavy (non-hydrogen) atoms. The number of nitrogens with zero attached hydrogens (tertiary/aromatic N) is 1. The van der Waals surface area contributed by atoms with Crippen LogP contribution in [0.1, 0.15) is 39.5 Å². The van der Waals surface area contributed by atoms with Crippen molar-refractivity contribution in [2.24, 2.45) is 11.7 Å². The summed E-state index contributed by atoms with van der Waals surface area (Å²) < 4.78 is 0. The fraction of sp³-hybridized carbons (Fsp3) is 0.667. The summed E-state index contributed by atoms with van der Waals surface area (Å²) in [6.07, 6.45) is 7.52. The lowest BCUT2D eigenvalue weighted by Gasteiger charge is -2.27. The van der Waals surface area contributed by atoms with Crippen LogP contribution < -0.4 is 5.73 Å². The van der Waals surface area contributed by atoms with E-state index in [2.05, 4.69) is 17.1 Å². The first-order chi connectivity index (χ1) is 8.87. The first-order valence-electron chi connectivity index (χ1n) is 7.02. The molecule has 106 valence electrons. The molecule has 0 saturated heterocycles. The van der Waals surface area contributed by atoms with Crippen molar-refractivity contribution in [3.05, 3.63) is 23.4 Å². The molecule has 0 amide bonds. The molecule has 2 rings (SSSR count). The van der Waals surface area contributed by atoms with E-state index in [4.69, 9.17) is 10.8 Å². The Morgan fingerprint density at radius 1 is 1.58 bits per heavy atom. The first-order valence-corrected chi connectivity index (χ1v) is 7.02. The molecule has 0 bridgehead atoms. The van der Waals surface area contributed by atoms with Crippen molar-refractivity contribution >= 4 is 5.97 Å². The number of allylic oxidation sites excluding steroid dienone is 3. The van der Waals surface area contributed by atoms with Crippen LogP contribution in [0.5, 0.6) is 0 Å². The molecule has 0 aromatic heterocycles. The van der Waals surface area contributed by atoms with Crippen molar-refractivity contribution in [2.75, 3.05) is 13.1 Å². The Kier molecular flexibility index (Phi) is 3.99. The Hall–Kier alpha value is -1.29. The standard InChI is InChI=1S/C15H24N2O2/c1-15(2,16)7-8-17-10-11(9-14(18)19)12-5-3-4-6-13(12)17/h3,5,11H,4,6-10,16H2,1-2H3,(H,18,19). The lowest BCUT2D eigenvalue weighted by atomic mass is 9.93. The quantitative estimate of drug-likeness (QED) is 0.798. The number of carboxylic acid groups (broad SMARTS) is 1. The molecule has 1 heterocycles. The van der Waals surface area contributed by atoms with Gasteiger partial charge in [-0.15, -0.1) is 0 Å². The van der Waals surface area contributed by atoms with Gasteiger partial charge in [0.25, 0.3) is 0 Å². The predicted octanol–water partition coefficient (Wildman–Crippen LogP) is 2.12. The zero-order valence-electron chi connectivity index (χ0n) is 11.9. The minimum Gasteiger partial charge on any atom is -0.481 e. The molecule has 0 spiro atoms. The minimum absolute atomic E-state index is 0.143. The van der Waals surface area contributed by atoms with Crippen LogP contribution in [0, 0.1) is 5.92 Å². The van der Waals surface area contributed by atoms with Gasteiger partial charge in [0.1, 0.15) is 0 Å². The molecule has 0 aromatic rings. The monoisotopic (exact) mass is 264 g/mol. The second-order valence-electron chi connectivity index (χ2n) is 6.32. The molecule has 0 fully saturated rings. The second-order valence-corrected chi connectivity index (χ2v) is 6.32. The number of carboxylic acids is 1. The van der Waals surface area contributed by atoms with Crippen LogP contribution in [-0.4, -0.2) is 34.6 Å². The SMILES string of the molecule is CC(C)(N)CCN1CC(CC(=O)O)C2=C1CCC=C2. The van der Waals surface area contributed by atoms with Crippen LogP contribution >= 0.6 is 0 Å². The van der Waals surface area contributed by atoms with Crippen LogP contribution in [0.4, 0.5) is 0 Å². The zero-order valence-corrected chi connectivity index (χ0v) is 11.9. The molecule has 4 heteroatoms. The number of aliphatic carboxylic acids is 1. The fourth-order valence-corrected chi connectivity index (χ4v) is 2.89. The molecule has 1 unspecified atom stereocenters. The third kappa shape index (κ3) is 3.60. The molecule has 0 saturated carbocycles. The van der Waals surface area contributed by atoms with E-state index < -0.39 is 5.97 Å². The highest BCUT2D eigenvalue weighted by atomic mass is 16.4. The third-order valence-electron chi connectivity index (χ3n) is 3.89. The van der Waals surface area contributed by atoms with Gasteiger partial charge in [-0.3, -0.25) is 4.79 Å². The maximum atomic E-state index is 11.0. The van der Waals surface area contributed by atoms with E-state index in [-0.39, 0.29) is 17.9 Å². The van der Waals surface area contributed by atoms with E-state index in [1.54, 1.807) is 0 Å². The van der Waals surface area contributed by atoms with Crippen molar-refractivity contribution in [3.8, 4) is 0 Å². The molecule has 1 aliphatic heterocycles. The Balaban J connectivity index is 2.08. The van der Waals surface area contributed by atoms with Crippen LogP contribution in [-0.2, 0) is 4.79 Å². The molecule has 0 aromatic carbocycles. The van der Waals surface area contributed by atoms with Gasteiger partial charge in [-0.25, -0.2) is 0 Å². The molecule has 3 N–H and O–H groups in total. The normalized spacial score (nSPS) is 22.9. The van der Waals surface area contributed by atoms with Crippen molar-refractivity contribution < 1.29 is 9.90 Å². The molecular formula is C15H24N2O2. The van der Waals surface area contributed by atoms with Gasteiger partial charge in [-0.2, -0.15) is 0 Å². The van der Waals surface area contributed by atoms with Crippen LogP contribution in [0.15, 0.2) is 23.4 Å². The number of carbonyl (C=O) groups is 1. The lowest BCUT2D eigenvalue weighted by molar-refractivity contribution is -0.137. The Morgan fingerprint density at radius 3 is 2.95 bits per heavy atom. The molecule has 0 radical (unpaired) electrons. The fourth-order valence-electron chi connectivity index (χ4n) is 2.89. The average molecular weight is 264 g/mol. The van der Waals surface area contributed by atoms with E-state index in [0.717, 1.165) is 32.4 Å². The number of nitrogens with two attached hydrogens (primary N) is 1. The lowest BCUT2D eigenvalue weighted by Crippen LogP contribution is -2.37. The van der Waals surface area contributed by atoms with Gasteiger partial charge in [0.2, 0.25) is 0 Å². The summed E-state index contributed by atoms with van der Waals surface area (Å²) in [4.78, 5) is 13.3. The predicted molar refractivity (Wildman–Crippen MR) is 75.6 cm³/mol. The molecular weight excluding hydrogens is 240 g/mol. The van der Waals surface area contributed by atoms with Gasteiger partial charge >= 0.3 is 5.97 Å². The highest BCUT2D eigenvalue weighted by Crippen LogP contribution is 2.36. The second kappa shape index (κ2) is 5.37. The minimum atomic E-state index is -0.711. The van der Waals surface area contributed by atoms with Gasteiger partial charge < -0.3 is 15.7 Å². The average Bonchev–Trinajstić information content (AvgIpc) is 2.64. The molecule has 1 aliphatic carbocycles.